The van der Waals surface area contributed by atoms with Crippen molar-refractivity contribution < 1.29 is 19.1 Å². The number of ether oxygens (including phenoxy) is 2. The zero-order valence-corrected chi connectivity index (χ0v) is 16.9. The molecule has 0 N–H and O–H groups in total. The summed E-state index contributed by atoms with van der Waals surface area (Å²) < 4.78 is 10.5. The lowest BCUT2D eigenvalue weighted by Crippen LogP contribution is -2.45. The third-order valence-electron chi connectivity index (χ3n) is 5.71. The highest BCUT2D eigenvalue weighted by Crippen LogP contribution is 2.27. The summed E-state index contributed by atoms with van der Waals surface area (Å²) in [7, 11) is 1.64. The van der Waals surface area contributed by atoms with E-state index in [9.17, 15) is 9.59 Å². The third-order valence-corrected chi connectivity index (χ3v) is 5.71. The average Bonchev–Trinajstić information content (AvgIpc) is 3.37. The van der Waals surface area contributed by atoms with Gasteiger partial charge in [0.15, 0.2) is 11.5 Å². The van der Waals surface area contributed by atoms with E-state index in [1.54, 1.807) is 13.1 Å². The first kappa shape index (κ1) is 20.2. The van der Waals surface area contributed by atoms with Gasteiger partial charge in [0.05, 0.1) is 5.57 Å². The minimum absolute atomic E-state index is 0.0270. The molecule has 1 aliphatic carbocycles. The predicted octanol–water partition coefficient (Wildman–Crippen LogP) is 2.69. The first-order chi connectivity index (χ1) is 13.3. The SMILES string of the molecule is C=C[C@H](C(=O)C1=C=C=C2OCOC2=C1)N(C)C(=O)CCC(C)(C)N1CCCC1. The van der Waals surface area contributed by atoms with Gasteiger partial charge in [0, 0.05) is 25.1 Å². The van der Waals surface area contributed by atoms with E-state index in [1.165, 1.54) is 23.8 Å². The highest BCUT2D eigenvalue weighted by atomic mass is 16.7. The molecule has 6 heteroatoms. The molecule has 6 nitrogen and oxygen atoms in total. The van der Waals surface area contributed by atoms with Crippen molar-refractivity contribution in [3.63, 3.8) is 0 Å². The summed E-state index contributed by atoms with van der Waals surface area (Å²) in [6.45, 7) is 10.4. The van der Waals surface area contributed by atoms with Crippen molar-refractivity contribution in [2.24, 2.45) is 0 Å². The standard InChI is InChI=1S/C22H28N2O4/c1-5-17(21(26)16-8-9-18-19(14-16)28-15-27-18)23(4)20(25)10-11-22(2,3)24-12-6-7-13-24/h5,14,17H,1,6-7,10-13,15H2,2-4H3/t17-/m1/s1. The minimum Gasteiger partial charge on any atom is -0.453 e. The number of hydrogen-bond donors (Lipinski definition) is 0. The number of allylic oxidation sites excluding steroid dienone is 1. The summed E-state index contributed by atoms with van der Waals surface area (Å²) in [5.41, 5.74) is 5.85. The van der Waals surface area contributed by atoms with Gasteiger partial charge in [-0.3, -0.25) is 14.5 Å². The zero-order chi connectivity index (χ0) is 20.3. The Hall–Kier alpha value is -2.52. The van der Waals surface area contributed by atoms with Crippen LogP contribution in [0.4, 0.5) is 0 Å². The molecule has 3 rings (SSSR count). The smallest absolute Gasteiger partial charge is 0.232 e. The topological polar surface area (TPSA) is 59.1 Å². The molecule has 0 aromatic heterocycles. The second kappa shape index (κ2) is 8.24. The summed E-state index contributed by atoms with van der Waals surface area (Å²) in [5, 5.41) is 0. The molecule has 0 aromatic rings. The van der Waals surface area contributed by atoms with Gasteiger partial charge < -0.3 is 14.4 Å². The molecule has 1 amide bonds. The molecule has 150 valence electrons. The van der Waals surface area contributed by atoms with Gasteiger partial charge in [-0.05, 0) is 51.9 Å². The summed E-state index contributed by atoms with van der Waals surface area (Å²) >= 11 is 0. The van der Waals surface area contributed by atoms with Crippen LogP contribution in [0.2, 0.25) is 0 Å². The number of hydrogen-bond acceptors (Lipinski definition) is 5. The predicted molar refractivity (Wildman–Crippen MR) is 105 cm³/mol. The summed E-state index contributed by atoms with van der Waals surface area (Å²) in [6, 6.07) is -0.757. The van der Waals surface area contributed by atoms with E-state index in [0.29, 0.717) is 23.5 Å². The van der Waals surface area contributed by atoms with Crippen molar-refractivity contribution in [1.29, 1.82) is 0 Å². The molecule has 0 spiro atoms. The highest BCUT2D eigenvalue weighted by Gasteiger charge is 2.32. The van der Waals surface area contributed by atoms with Crippen LogP contribution in [-0.4, -0.2) is 60.0 Å². The van der Waals surface area contributed by atoms with Crippen LogP contribution in [0.1, 0.15) is 39.5 Å². The number of carbonyl (C=O) groups is 2. The molecule has 2 fully saturated rings. The molecule has 0 radical (unpaired) electrons. The Morgan fingerprint density at radius 2 is 2.04 bits per heavy atom. The van der Waals surface area contributed by atoms with Crippen LogP contribution in [0.15, 0.2) is 47.3 Å². The average molecular weight is 384 g/mol. The number of Topliss-reactive ketones (excluding diaryl/α,β-unsaturated/α-hetero) is 1. The maximum Gasteiger partial charge on any atom is 0.232 e. The molecule has 28 heavy (non-hydrogen) atoms. The Labute approximate surface area is 166 Å². The van der Waals surface area contributed by atoms with Crippen molar-refractivity contribution in [3.8, 4) is 0 Å². The fraction of sp³-hybridized carbons (Fsp3) is 0.545. The molecule has 1 atom stereocenters. The Balaban J connectivity index is 1.64. The van der Waals surface area contributed by atoms with Crippen molar-refractivity contribution in [2.75, 3.05) is 26.9 Å². The van der Waals surface area contributed by atoms with Crippen LogP contribution in [0.5, 0.6) is 0 Å². The third kappa shape index (κ3) is 4.15. The fourth-order valence-electron chi connectivity index (χ4n) is 3.74. The quantitative estimate of drug-likeness (QED) is 0.476. The first-order valence-corrected chi connectivity index (χ1v) is 9.74. The van der Waals surface area contributed by atoms with Crippen molar-refractivity contribution in [2.45, 2.75) is 51.1 Å². The second-order valence-corrected chi connectivity index (χ2v) is 7.96. The molecular formula is C22H28N2O4. The number of amides is 1. The Morgan fingerprint density at radius 3 is 2.71 bits per heavy atom. The zero-order valence-electron chi connectivity index (χ0n) is 16.9. The maximum absolute atomic E-state index is 12.9. The van der Waals surface area contributed by atoms with Gasteiger partial charge in [-0.15, -0.1) is 6.58 Å². The lowest BCUT2D eigenvalue weighted by atomic mass is 9.95. The molecule has 2 saturated heterocycles. The van der Waals surface area contributed by atoms with Crippen LogP contribution in [0, 0.1) is 0 Å². The molecule has 0 aromatic carbocycles. The van der Waals surface area contributed by atoms with Crippen LogP contribution in [0.25, 0.3) is 0 Å². The molecule has 3 aliphatic rings. The summed E-state index contributed by atoms with van der Waals surface area (Å²) in [5.74, 6) is 0.570. The first-order valence-electron chi connectivity index (χ1n) is 9.74. The van der Waals surface area contributed by atoms with Crippen LogP contribution >= 0.6 is 0 Å². The minimum atomic E-state index is -0.757. The number of carbonyl (C=O) groups excluding carboxylic acids is 2. The lowest BCUT2D eigenvalue weighted by Gasteiger charge is -2.36. The van der Waals surface area contributed by atoms with Crippen LogP contribution in [0.3, 0.4) is 0 Å². The van der Waals surface area contributed by atoms with Crippen LogP contribution < -0.4 is 0 Å². The molecule has 0 unspecified atom stereocenters. The van der Waals surface area contributed by atoms with E-state index in [2.05, 4.69) is 36.8 Å². The maximum atomic E-state index is 12.9. The van der Waals surface area contributed by atoms with Gasteiger partial charge in [0.2, 0.25) is 18.5 Å². The van der Waals surface area contributed by atoms with E-state index >= 15 is 0 Å². The summed E-state index contributed by atoms with van der Waals surface area (Å²) in [6.07, 6.45) is 6.63. The number of likely N-dealkylation sites (N-methyl/N-ethyl adjacent to an activating group) is 1. The number of ketones is 1. The van der Waals surface area contributed by atoms with Gasteiger partial charge in [-0.1, -0.05) is 11.8 Å². The van der Waals surface area contributed by atoms with E-state index in [1.807, 2.05) is 0 Å². The van der Waals surface area contributed by atoms with Crippen LogP contribution in [-0.2, 0) is 19.1 Å². The van der Waals surface area contributed by atoms with Crippen molar-refractivity contribution in [3.05, 3.63) is 47.3 Å². The normalized spacial score (nSPS) is 19.6. The molecule has 2 heterocycles. The Bertz CT molecular complexity index is 804. The highest BCUT2D eigenvalue weighted by molar-refractivity contribution is 6.04. The number of rotatable bonds is 8. The molecule has 0 saturated carbocycles. The molecular weight excluding hydrogens is 356 g/mol. The molecule has 0 bridgehead atoms. The largest absolute Gasteiger partial charge is 0.453 e. The number of fused-ring (bicyclic) bond motifs is 1. The van der Waals surface area contributed by atoms with Gasteiger partial charge in [0.1, 0.15) is 6.04 Å². The number of likely N-dealkylation sites (tertiary alicyclic amines) is 1. The van der Waals surface area contributed by atoms with E-state index < -0.39 is 6.04 Å². The summed E-state index contributed by atoms with van der Waals surface area (Å²) in [4.78, 5) is 29.6. The van der Waals surface area contributed by atoms with Gasteiger partial charge in [0.25, 0.3) is 0 Å². The molecule has 2 aliphatic heterocycles. The number of nitrogens with zero attached hydrogens (tertiary/aromatic N) is 2. The Morgan fingerprint density at radius 1 is 1.32 bits per heavy atom. The second-order valence-electron chi connectivity index (χ2n) is 7.96. The Kier molecular flexibility index (Phi) is 5.95. The van der Waals surface area contributed by atoms with Gasteiger partial charge >= 0.3 is 0 Å². The van der Waals surface area contributed by atoms with E-state index in [4.69, 9.17) is 9.47 Å². The fourth-order valence-corrected chi connectivity index (χ4v) is 3.74. The van der Waals surface area contributed by atoms with Gasteiger partial charge in [-0.25, -0.2) is 0 Å². The van der Waals surface area contributed by atoms with Crippen molar-refractivity contribution in [1.82, 2.24) is 9.80 Å². The van der Waals surface area contributed by atoms with E-state index in [0.717, 1.165) is 19.5 Å². The van der Waals surface area contributed by atoms with Crippen molar-refractivity contribution >= 4 is 11.7 Å². The van der Waals surface area contributed by atoms with Gasteiger partial charge in [-0.2, -0.15) is 0 Å². The van der Waals surface area contributed by atoms with E-state index in [-0.39, 0.29) is 24.0 Å². The monoisotopic (exact) mass is 384 g/mol. The lowest BCUT2D eigenvalue weighted by molar-refractivity contribution is -0.135.